The molecule has 0 spiro atoms. The van der Waals surface area contributed by atoms with E-state index in [9.17, 15) is 0 Å². The molecule has 0 aliphatic carbocycles. The Hall–Kier alpha value is -7.33. The standard InChI is InChI=1S/C62H50N4O.Pt/c1-61(2,3)46-30-27-42(28-31-46)45-29-34-55-54(37-45)53-33-32-50(40-58(53)66(55)59-38-47(35-36-63-59)62(4,5)6)67-49-22-15-21-48(39-49)64-41-65(57-26-14-13-25-56(57)64)60-51(43-17-9-7-10-18-43)23-16-24-52(60)44-19-11-8-12-20-44;/h7-38H,1-6H3;/q-2;/i7D,8D,9D,10D,11D,12D,17D,18D,19D,20D;. The van der Waals surface area contributed by atoms with E-state index in [0.29, 0.717) is 28.2 Å². The number of benzene rings is 8. The van der Waals surface area contributed by atoms with Crippen LogP contribution in [0.4, 0.5) is 0 Å². The second kappa shape index (κ2) is 17.7. The van der Waals surface area contributed by atoms with Crippen molar-refractivity contribution in [1.29, 1.82) is 0 Å². The summed E-state index contributed by atoms with van der Waals surface area (Å²) in [7, 11) is 0. The van der Waals surface area contributed by atoms with E-state index < -0.39 is 60.4 Å². The third-order valence-electron chi connectivity index (χ3n) is 12.1. The van der Waals surface area contributed by atoms with E-state index in [4.69, 9.17) is 23.4 Å². The van der Waals surface area contributed by atoms with Gasteiger partial charge < -0.3 is 13.9 Å². The maximum absolute atomic E-state index is 9.05. The van der Waals surface area contributed by atoms with Crippen LogP contribution in [0.25, 0.3) is 83.4 Å². The Morgan fingerprint density at radius 2 is 1.21 bits per heavy atom. The summed E-state index contributed by atoms with van der Waals surface area (Å²) in [6.45, 7) is 13.2. The number of hydrogen-bond donors (Lipinski definition) is 0. The molecule has 0 aliphatic heterocycles. The second-order valence-electron chi connectivity index (χ2n) is 18.6. The van der Waals surface area contributed by atoms with Crippen molar-refractivity contribution >= 4 is 32.8 Å². The summed E-state index contributed by atoms with van der Waals surface area (Å²) < 4.78 is 99.4. The predicted octanol–water partition coefficient (Wildman–Crippen LogP) is 15.2. The Morgan fingerprint density at radius 1 is 0.559 bits per heavy atom. The van der Waals surface area contributed by atoms with Gasteiger partial charge in [-0.3, -0.25) is 4.57 Å². The monoisotopic (exact) mass is 1070 g/mol. The molecule has 0 saturated carbocycles. The van der Waals surface area contributed by atoms with Gasteiger partial charge in [0.25, 0.3) is 6.33 Å². The quantitative estimate of drug-likeness (QED) is 0.112. The molecule has 3 heterocycles. The van der Waals surface area contributed by atoms with Crippen LogP contribution in [-0.4, -0.2) is 14.1 Å². The van der Waals surface area contributed by atoms with E-state index in [-0.39, 0.29) is 59.8 Å². The van der Waals surface area contributed by atoms with E-state index in [0.717, 1.165) is 44.3 Å². The number of fused-ring (bicyclic) bond motifs is 4. The Bertz CT molecular complexity index is 4090. The van der Waals surface area contributed by atoms with Crippen molar-refractivity contribution in [1.82, 2.24) is 14.1 Å². The molecule has 0 radical (unpaired) electrons. The molecule has 68 heavy (non-hydrogen) atoms. The third kappa shape index (κ3) is 8.26. The average molecular weight is 1070 g/mol. The maximum Gasteiger partial charge on any atom is 0.268 e. The normalized spacial score (nSPS) is 13.9. The molecule has 0 amide bonds. The summed E-state index contributed by atoms with van der Waals surface area (Å²) in [4.78, 5) is 4.90. The zero-order valence-electron chi connectivity index (χ0n) is 48.2. The number of imidazole rings is 1. The number of ether oxygens (including phenoxy) is 1. The number of hydrogen-bond acceptors (Lipinski definition) is 2. The molecular formula is C62H50N4OPt-2. The minimum atomic E-state index is -0.574. The van der Waals surface area contributed by atoms with Gasteiger partial charge in [0.2, 0.25) is 0 Å². The topological polar surface area (TPSA) is 35.9 Å². The molecule has 0 N–H and O–H groups in total. The van der Waals surface area contributed by atoms with E-state index in [2.05, 4.69) is 113 Å². The molecule has 11 rings (SSSR count). The Labute approximate surface area is 427 Å². The van der Waals surface area contributed by atoms with Crippen molar-refractivity contribution in [3.63, 3.8) is 0 Å². The van der Waals surface area contributed by atoms with Gasteiger partial charge in [-0.15, -0.1) is 29.7 Å². The second-order valence-corrected chi connectivity index (χ2v) is 18.6. The summed E-state index contributed by atoms with van der Waals surface area (Å²) in [5.41, 5.74) is 8.00. The van der Waals surface area contributed by atoms with Crippen molar-refractivity contribution in [3.8, 4) is 62.1 Å². The zero-order valence-corrected chi connectivity index (χ0v) is 40.5. The van der Waals surface area contributed by atoms with Crippen LogP contribution >= 0.6 is 0 Å². The predicted molar refractivity (Wildman–Crippen MR) is 274 cm³/mol. The minimum absolute atomic E-state index is 0. The third-order valence-corrected chi connectivity index (χ3v) is 12.1. The van der Waals surface area contributed by atoms with E-state index in [1.807, 2.05) is 60.8 Å². The molecule has 0 aliphatic rings. The van der Waals surface area contributed by atoms with E-state index >= 15 is 0 Å². The molecule has 0 fully saturated rings. The van der Waals surface area contributed by atoms with Gasteiger partial charge in [-0.1, -0.05) is 186 Å². The fourth-order valence-electron chi connectivity index (χ4n) is 8.68. The first kappa shape index (κ1) is 34.0. The van der Waals surface area contributed by atoms with Gasteiger partial charge in [-0.2, -0.15) is 18.2 Å². The van der Waals surface area contributed by atoms with Crippen LogP contribution in [0.5, 0.6) is 11.5 Å². The van der Waals surface area contributed by atoms with Gasteiger partial charge in [-0.05, 0) is 84.6 Å². The van der Waals surface area contributed by atoms with Crippen LogP contribution in [0.3, 0.4) is 0 Å². The molecule has 3 aromatic heterocycles. The minimum Gasteiger partial charge on any atom is -0.510 e. The number of pyridine rings is 1. The largest absolute Gasteiger partial charge is 0.510 e. The first-order chi connectivity index (χ1) is 36.6. The molecule has 0 bridgehead atoms. The van der Waals surface area contributed by atoms with Crippen molar-refractivity contribution in [2.45, 2.75) is 52.4 Å². The number of rotatable bonds is 8. The Kier molecular flexibility index (Phi) is 8.87. The summed E-state index contributed by atoms with van der Waals surface area (Å²) >= 11 is 0. The van der Waals surface area contributed by atoms with Crippen LogP contribution in [0, 0.1) is 18.5 Å². The van der Waals surface area contributed by atoms with Crippen LogP contribution in [-0.2, 0) is 31.9 Å². The van der Waals surface area contributed by atoms with Crippen LogP contribution < -0.4 is 9.30 Å². The van der Waals surface area contributed by atoms with Gasteiger partial charge in [0.05, 0.1) is 30.4 Å². The first-order valence-electron chi connectivity index (χ1n) is 27.1. The summed E-state index contributed by atoms with van der Waals surface area (Å²) in [5, 5.41) is 1.99. The van der Waals surface area contributed by atoms with Crippen LogP contribution in [0.2, 0.25) is 0 Å². The number of para-hydroxylation sites is 3. The van der Waals surface area contributed by atoms with Gasteiger partial charge in [0.1, 0.15) is 5.82 Å². The average Bonchev–Trinajstić information content (AvgIpc) is 4.09. The fraction of sp³-hybridized carbons (Fsp3) is 0.129. The van der Waals surface area contributed by atoms with Gasteiger partial charge in [0.15, 0.2) is 0 Å². The van der Waals surface area contributed by atoms with Gasteiger partial charge in [0, 0.05) is 44.3 Å². The molecule has 11 aromatic rings. The Morgan fingerprint density at radius 3 is 1.90 bits per heavy atom. The van der Waals surface area contributed by atoms with Crippen LogP contribution in [0.1, 0.15) is 66.4 Å². The molecular weight excluding hydrogens is 1010 g/mol. The molecule has 0 atom stereocenters. The zero-order chi connectivity index (χ0) is 54.6. The van der Waals surface area contributed by atoms with Crippen molar-refractivity contribution in [3.05, 3.63) is 224 Å². The molecule has 0 saturated heterocycles. The summed E-state index contributed by atoms with van der Waals surface area (Å²) in [5.74, 6) is 1.52. The Balaban J connectivity index is 0.00000688. The molecule has 6 heteroatoms. The SMILES string of the molecule is [2H]c1c([2H])c([2H])c(-c2cccc(-c3c([2H])c([2H])c([2H])c([2H])c3[2H])c2-[n+]2[c-]n(-c3[c-]c(Oc4[c-]c5c(cc4)c4cc(-c6ccc(C(C)(C)C)cc6)ccc4n5-c4cc(C(C)(C)C)ccn4)ccc3)c3ccccc32)c([2H])c1[2H].[Pt]. The van der Waals surface area contributed by atoms with E-state index in [1.54, 1.807) is 33.4 Å². The van der Waals surface area contributed by atoms with Crippen LogP contribution in [0.15, 0.2) is 194 Å². The summed E-state index contributed by atoms with van der Waals surface area (Å²) in [6, 6.07) is 42.6. The van der Waals surface area contributed by atoms with Crippen molar-refractivity contribution in [2.24, 2.45) is 0 Å². The fourth-order valence-corrected chi connectivity index (χ4v) is 8.68. The molecule has 0 unspecified atom stereocenters. The molecule has 8 aromatic carbocycles. The number of nitrogens with zero attached hydrogens (tertiary/aromatic N) is 4. The maximum atomic E-state index is 9.05. The molecule has 5 nitrogen and oxygen atoms in total. The number of aromatic nitrogens is 4. The molecule has 336 valence electrons. The first-order valence-corrected chi connectivity index (χ1v) is 22.1. The smallest absolute Gasteiger partial charge is 0.268 e. The van der Waals surface area contributed by atoms with Gasteiger partial charge >= 0.3 is 0 Å². The van der Waals surface area contributed by atoms with Crippen molar-refractivity contribution in [2.75, 3.05) is 0 Å². The summed E-state index contributed by atoms with van der Waals surface area (Å²) in [6.07, 6.45) is 5.26. The van der Waals surface area contributed by atoms with Crippen molar-refractivity contribution < 1.29 is 44.1 Å². The van der Waals surface area contributed by atoms with Gasteiger partial charge in [-0.25, -0.2) is 4.98 Å². The van der Waals surface area contributed by atoms with E-state index in [1.165, 1.54) is 5.56 Å².